The molecule has 0 bridgehead atoms. The Morgan fingerprint density at radius 2 is 1.58 bits per heavy atom. The van der Waals surface area contributed by atoms with Gasteiger partial charge < -0.3 is 14.5 Å². The van der Waals surface area contributed by atoms with Crippen molar-refractivity contribution in [2.45, 2.75) is 25.5 Å². The quantitative estimate of drug-likeness (QED) is 0.607. The lowest BCUT2D eigenvalue weighted by Crippen LogP contribution is -2.52. The van der Waals surface area contributed by atoms with Crippen LogP contribution in [0.1, 0.15) is 28.8 Å². The lowest BCUT2D eigenvalue weighted by Gasteiger charge is -2.35. The van der Waals surface area contributed by atoms with Gasteiger partial charge in [-0.05, 0) is 18.4 Å². The number of carbonyl (C=O) groups is 2. The molecule has 2 fully saturated rings. The first-order valence-electron chi connectivity index (χ1n) is 11.6. The van der Waals surface area contributed by atoms with Gasteiger partial charge in [-0.1, -0.05) is 60.7 Å². The zero-order valence-corrected chi connectivity index (χ0v) is 18.6. The molecule has 5 rings (SSSR count). The Hall–Kier alpha value is -3.45. The molecular formula is C26H28N4O3. The largest absolute Gasteiger partial charge is 0.368 e. The number of nitrogens with zero attached hydrogens (tertiary/aromatic N) is 4. The highest BCUT2D eigenvalue weighted by Crippen LogP contribution is 2.25. The number of amides is 2. The van der Waals surface area contributed by atoms with Crippen molar-refractivity contribution in [2.75, 3.05) is 32.8 Å². The van der Waals surface area contributed by atoms with E-state index >= 15 is 0 Å². The third-order valence-electron chi connectivity index (χ3n) is 6.31. The van der Waals surface area contributed by atoms with E-state index in [0.29, 0.717) is 50.6 Å². The summed E-state index contributed by atoms with van der Waals surface area (Å²) in [7, 11) is 0. The van der Waals surface area contributed by atoms with E-state index in [1.54, 1.807) is 0 Å². The molecule has 3 aromatic rings. The molecule has 0 spiro atoms. The summed E-state index contributed by atoms with van der Waals surface area (Å²) in [5, 5.41) is 4.78. The lowest BCUT2D eigenvalue weighted by molar-refractivity contribution is -0.142. The Morgan fingerprint density at radius 1 is 0.909 bits per heavy atom. The van der Waals surface area contributed by atoms with Crippen LogP contribution in [0.25, 0.3) is 11.3 Å². The summed E-state index contributed by atoms with van der Waals surface area (Å²) in [4.78, 5) is 29.8. The highest BCUT2D eigenvalue weighted by Gasteiger charge is 2.32. The molecular weight excluding hydrogens is 416 g/mol. The van der Waals surface area contributed by atoms with Crippen molar-refractivity contribution in [3.63, 3.8) is 0 Å². The van der Waals surface area contributed by atoms with E-state index in [-0.39, 0.29) is 17.9 Å². The first-order chi connectivity index (χ1) is 16.2. The van der Waals surface area contributed by atoms with Gasteiger partial charge in [0.15, 0.2) is 0 Å². The second-order valence-corrected chi connectivity index (χ2v) is 8.56. The monoisotopic (exact) mass is 444 g/mol. The van der Waals surface area contributed by atoms with Gasteiger partial charge in [-0.25, -0.2) is 0 Å². The van der Waals surface area contributed by atoms with Crippen molar-refractivity contribution < 1.29 is 14.3 Å². The Balaban J connectivity index is 1.34. The molecule has 2 aliphatic heterocycles. The molecule has 0 N–H and O–H groups in total. The minimum atomic E-state index is -0.312. The number of rotatable bonds is 5. The first-order valence-corrected chi connectivity index (χ1v) is 11.6. The maximum absolute atomic E-state index is 13.5. The van der Waals surface area contributed by atoms with Gasteiger partial charge in [-0.3, -0.25) is 14.3 Å². The van der Waals surface area contributed by atoms with Crippen LogP contribution in [0.3, 0.4) is 0 Å². The number of hydrogen-bond acceptors (Lipinski definition) is 4. The van der Waals surface area contributed by atoms with Gasteiger partial charge in [0.1, 0.15) is 11.8 Å². The molecule has 1 unspecified atom stereocenters. The SMILES string of the molecule is O=C(c1cn(Cc2ccccc2)nc1-c1ccccc1)N1CCN(C(=O)C2CCCO2)CC1. The Kier molecular flexibility index (Phi) is 6.21. The summed E-state index contributed by atoms with van der Waals surface area (Å²) >= 11 is 0. The van der Waals surface area contributed by atoms with Crippen molar-refractivity contribution >= 4 is 11.8 Å². The smallest absolute Gasteiger partial charge is 0.257 e. The molecule has 1 aromatic heterocycles. The van der Waals surface area contributed by atoms with E-state index in [1.807, 2.05) is 69.2 Å². The highest BCUT2D eigenvalue weighted by molar-refractivity contribution is 6.00. The van der Waals surface area contributed by atoms with E-state index < -0.39 is 0 Å². The van der Waals surface area contributed by atoms with Crippen molar-refractivity contribution in [3.8, 4) is 11.3 Å². The first kappa shape index (κ1) is 21.4. The molecule has 3 heterocycles. The molecule has 7 heteroatoms. The predicted molar refractivity (Wildman–Crippen MR) is 125 cm³/mol. The van der Waals surface area contributed by atoms with Gasteiger partial charge in [-0.2, -0.15) is 5.10 Å². The Labute approximate surface area is 193 Å². The summed E-state index contributed by atoms with van der Waals surface area (Å²) < 4.78 is 7.38. The molecule has 1 atom stereocenters. The number of aromatic nitrogens is 2. The number of carbonyl (C=O) groups excluding carboxylic acids is 2. The van der Waals surface area contributed by atoms with E-state index in [1.165, 1.54) is 0 Å². The molecule has 2 aromatic carbocycles. The maximum atomic E-state index is 13.5. The fourth-order valence-corrected chi connectivity index (χ4v) is 4.51. The van der Waals surface area contributed by atoms with Gasteiger partial charge >= 0.3 is 0 Å². The summed E-state index contributed by atoms with van der Waals surface area (Å²) in [6.07, 6.45) is 3.26. The number of piperazine rings is 1. The van der Waals surface area contributed by atoms with Crippen LogP contribution in [-0.2, 0) is 16.1 Å². The van der Waals surface area contributed by atoms with Crippen LogP contribution in [0.2, 0.25) is 0 Å². The molecule has 7 nitrogen and oxygen atoms in total. The molecule has 0 radical (unpaired) electrons. The summed E-state index contributed by atoms with van der Waals surface area (Å²) in [5.74, 6) is 0.0117. The zero-order valence-electron chi connectivity index (χ0n) is 18.6. The van der Waals surface area contributed by atoms with Gasteiger partial charge in [0, 0.05) is 44.5 Å². The average molecular weight is 445 g/mol. The molecule has 2 amide bonds. The van der Waals surface area contributed by atoms with Crippen molar-refractivity contribution in [2.24, 2.45) is 0 Å². The second-order valence-electron chi connectivity index (χ2n) is 8.56. The molecule has 0 aliphatic carbocycles. The highest BCUT2D eigenvalue weighted by atomic mass is 16.5. The molecule has 170 valence electrons. The number of benzene rings is 2. The molecule has 2 aliphatic rings. The van der Waals surface area contributed by atoms with Gasteiger partial charge in [0.2, 0.25) is 0 Å². The molecule has 33 heavy (non-hydrogen) atoms. The van der Waals surface area contributed by atoms with Gasteiger partial charge in [0.05, 0.1) is 12.1 Å². The van der Waals surface area contributed by atoms with Crippen LogP contribution in [0.5, 0.6) is 0 Å². The van der Waals surface area contributed by atoms with Crippen molar-refractivity contribution in [1.29, 1.82) is 0 Å². The number of hydrogen-bond donors (Lipinski definition) is 0. The fraction of sp³-hybridized carbons (Fsp3) is 0.346. The third-order valence-corrected chi connectivity index (χ3v) is 6.31. The topological polar surface area (TPSA) is 67.7 Å². The molecule has 2 saturated heterocycles. The minimum absolute atomic E-state index is 0.0441. The van der Waals surface area contributed by atoms with Crippen LogP contribution in [0.15, 0.2) is 66.9 Å². The number of ether oxygens (including phenoxy) is 1. The second kappa shape index (κ2) is 9.58. The minimum Gasteiger partial charge on any atom is -0.368 e. The summed E-state index contributed by atoms with van der Waals surface area (Å²) in [5.41, 5.74) is 3.32. The third kappa shape index (κ3) is 4.68. The normalized spacial score (nSPS) is 18.5. The van der Waals surface area contributed by atoms with Crippen LogP contribution < -0.4 is 0 Å². The van der Waals surface area contributed by atoms with Crippen molar-refractivity contribution in [1.82, 2.24) is 19.6 Å². The zero-order chi connectivity index (χ0) is 22.6. The van der Waals surface area contributed by atoms with Crippen LogP contribution in [0.4, 0.5) is 0 Å². The van der Waals surface area contributed by atoms with E-state index in [2.05, 4.69) is 12.1 Å². The van der Waals surface area contributed by atoms with Crippen LogP contribution in [0, 0.1) is 0 Å². The molecule has 0 saturated carbocycles. The predicted octanol–water partition coefficient (Wildman–Crippen LogP) is 3.06. The van der Waals surface area contributed by atoms with Gasteiger partial charge in [0.25, 0.3) is 11.8 Å². The Morgan fingerprint density at radius 3 is 2.24 bits per heavy atom. The fourth-order valence-electron chi connectivity index (χ4n) is 4.51. The average Bonchev–Trinajstić information content (AvgIpc) is 3.55. The van der Waals surface area contributed by atoms with Gasteiger partial charge in [-0.15, -0.1) is 0 Å². The maximum Gasteiger partial charge on any atom is 0.257 e. The van der Waals surface area contributed by atoms with E-state index in [4.69, 9.17) is 9.84 Å². The lowest BCUT2D eigenvalue weighted by atomic mass is 10.1. The van der Waals surface area contributed by atoms with Crippen LogP contribution >= 0.6 is 0 Å². The summed E-state index contributed by atoms with van der Waals surface area (Å²) in [6, 6.07) is 19.9. The van der Waals surface area contributed by atoms with E-state index in [9.17, 15) is 9.59 Å². The van der Waals surface area contributed by atoms with E-state index in [0.717, 1.165) is 24.0 Å². The summed E-state index contributed by atoms with van der Waals surface area (Å²) in [6.45, 7) is 3.33. The van der Waals surface area contributed by atoms with Crippen molar-refractivity contribution in [3.05, 3.63) is 78.0 Å². The van der Waals surface area contributed by atoms with Crippen LogP contribution in [-0.4, -0.2) is 70.3 Å². The standard InChI is InChI=1S/C26H28N4O3/c31-25(28-13-15-29(16-14-28)26(32)23-12-7-17-33-23)22-19-30(18-20-8-3-1-4-9-20)27-24(22)21-10-5-2-6-11-21/h1-6,8-11,19,23H,7,12-18H2. The Bertz CT molecular complexity index is 1100.